The van der Waals surface area contributed by atoms with Crippen molar-refractivity contribution < 1.29 is 15.2 Å². The van der Waals surface area contributed by atoms with E-state index >= 15 is 0 Å². The third kappa shape index (κ3) is 4.54. The molecule has 0 rings (SSSR count). The molecule has 0 saturated heterocycles. The number of halogens is 1. The van der Waals surface area contributed by atoms with Gasteiger partial charge in [-0.05, 0) is 17.3 Å². The van der Waals surface area contributed by atoms with Gasteiger partial charge in [0.2, 0.25) is 0 Å². The summed E-state index contributed by atoms with van der Waals surface area (Å²) in [7, 11) is 0. The van der Waals surface area contributed by atoms with Crippen LogP contribution in [0.25, 0.3) is 0 Å². The molecule has 0 radical (unpaired) electrons. The van der Waals surface area contributed by atoms with E-state index in [0.29, 0.717) is 0 Å². The largest absolute Gasteiger partial charge is 0.290 e. The van der Waals surface area contributed by atoms with Crippen LogP contribution in [0.3, 0.4) is 0 Å². The highest BCUT2D eigenvalue weighted by molar-refractivity contribution is 14.1. The molecule has 36 valence electrons. The number of hydrogen-bond donors (Lipinski definition) is 1. The molecular weight excluding hydrogens is 219 g/mol. The maximum absolute atomic E-state index is 7.42. The van der Waals surface area contributed by atoms with Gasteiger partial charge in [-0.3, -0.25) is 4.89 Å². The molecule has 0 saturated carbocycles. The standard InChI is InChI=1S/CHIO3S/c2-1(6)4-5-3/h3H. The normalized spacial score (nSPS) is 7.67. The van der Waals surface area contributed by atoms with Gasteiger partial charge in [-0.15, -0.1) is 0 Å². The second kappa shape index (κ2) is 3.72. The van der Waals surface area contributed by atoms with E-state index in [2.05, 4.69) is 22.1 Å². The lowest BCUT2D eigenvalue weighted by atomic mass is 11.7. The molecule has 0 aliphatic heterocycles. The molecule has 0 unspecified atom stereocenters. The average Bonchev–Trinajstić information content (AvgIpc) is 1.35. The van der Waals surface area contributed by atoms with E-state index < -0.39 is 0 Å². The molecule has 0 spiro atoms. The first kappa shape index (κ1) is 6.54. The van der Waals surface area contributed by atoms with Crippen LogP contribution < -0.4 is 0 Å². The average molecular weight is 220 g/mol. The second-order valence-electron chi connectivity index (χ2n) is 0.396. The minimum atomic E-state index is 0.120. The number of rotatable bonds is 1. The summed E-state index contributed by atoms with van der Waals surface area (Å²) in [6, 6.07) is 0. The number of hydrogen-bond acceptors (Lipinski definition) is 4. The van der Waals surface area contributed by atoms with Gasteiger partial charge in [-0.25, -0.2) is 5.26 Å². The molecule has 0 aliphatic carbocycles. The van der Waals surface area contributed by atoms with Gasteiger partial charge in [-0.1, -0.05) is 0 Å². The molecular formula is CHIO3S. The Hall–Kier alpha value is 0.540. The first-order valence-corrected chi connectivity index (χ1v) is 2.43. The van der Waals surface area contributed by atoms with E-state index in [1.807, 2.05) is 0 Å². The zero-order valence-electron chi connectivity index (χ0n) is 2.55. The Morgan fingerprint density at radius 1 is 1.83 bits per heavy atom. The Morgan fingerprint density at radius 2 is 2.33 bits per heavy atom. The van der Waals surface area contributed by atoms with Gasteiger partial charge in [0.05, 0.1) is 0 Å². The molecule has 0 fully saturated rings. The third-order valence-corrected chi connectivity index (χ3v) is 0.351. The molecule has 3 nitrogen and oxygen atoms in total. The smallest absolute Gasteiger partial charge is 0.268 e. The van der Waals surface area contributed by atoms with Crippen molar-refractivity contribution in [3.8, 4) is 0 Å². The van der Waals surface area contributed by atoms with Gasteiger partial charge in [0.25, 0.3) is 3.06 Å². The van der Waals surface area contributed by atoms with E-state index in [0.717, 1.165) is 0 Å². The van der Waals surface area contributed by atoms with E-state index in [-0.39, 0.29) is 3.06 Å². The second-order valence-corrected chi connectivity index (χ2v) is 2.48. The summed E-state index contributed by atoms with van der Waals surface area (Å²) in [5.41, 5.74) is 0. The lowest BCUT2D eigenvalue weighted by Crippen LogP contribution is -1.88. The fraction of sp³-hybridized carbons (Fsp3) is 0. The van der Waals surface area contributed by atoms with Gasteiger partial charge >= 0.3 is 0 Å². The summed E-state index contributed by atoms with van der Waals surface area (Å²) in [5, 5.41) is 10.6. The van der Waals surface area contributed by atoms with Crippen LogP contribution in [0, 0.1) is 0 Å². The number of thiocarbonyl (C=S) groups is 1. The highest BCUT2D eigenvalue weighted by Crippen LogP contribution is 1.89. The Balaban J connectivity index is 2.83. The zero-order valence-corrected chi connectivity index (χ0v) is 5.52. The Kier molecular flexibility index (Phi) is 4.06. The minimum Gasteiger partial charge on any atom is -0.290 e. The van der Waals surface area contributed by atoms with Crippen molar-refractivity contribution in [1.29, 1.82) is 0 Å². The molecule has 0 heterocycles. The van der Waals surface area contributed by atoms with Crippen molar-refractivity contribution in [3.05, 3.63) is 0 Å². The predicted molar refractivity (Wildman–Crippen MR) is 31.4 cm³/mol. The molecule has 0 aromatic heterocycles. The van der Waals surface area contributed by atoms with Gasteiger partial charge in [0.15, 0.2) is 0 Å². The van der Waals surface area contributed by atoms with Gasteiger partial charge in [-0.2, -0.15) is 0 Å². The first-order chi connectivity index (χ1) is 2.77. The molecule has 0 aromatic carbocycles. The summed E-state index contributed by atoms with van der Waals surface area (Å²) >= 11 is 5.94. The third-order valence-electron chi connectivity index (χ3n) is 0.103. The summed E-state index contributed by atoms with van der Waals surface area (Å²) in [6.45, 7) is 0. The molecule has 0 aliphatic rings. The van der Waals surface area contributed by atoms with E-state index in [4.69, 9.17) is 5.26 Å². The van der Waals surface area contributed by atoms with Crippen LogP contribution in [0.5, 0.6) is 0 Å². The van der Waals surface area contributed by atoms with Crippen LogP contribution in [0.4, 0.5) is 0 Å². The summed E-state index contributed by atoms with van der Waals surface area (Å²) in [4.78, 5) is 3.82. The van der Waals surface area contributed by atoms with Gasteiger partial charge in [0.1, 0.15) is 0 Å². The fourth-order valence-corrected chi connectivity index (χ4v) is 0.140. The highest BCUT2D eigenvalue weighted by Gasteiger charge is 1.82. The Bertz CT molecular complexity index is 54.8. The lowest BCUT2D eigenvalue weighted by Gasteiger charge is -1.86. The summed E-state index contributed by atoms with van der Waals surface area (Å²) in [5.74, 6) is 0. The predicted octanol–water partition coefficient (Wildman–Crippen LogP) is 1.13. The van der Waals surface area contributed by atoms with E-state index in [9.17, 15) is 0 Å². The lowest BCUT2D eigenvalue weighted by molar-refractivity contribution is -0.446. The van der Waals surface area contributed by atoms with Gasteiger partial charge in [0, 0.05) is 22.6 Å². The van der Waals surface area contributed by atoms with Crippen LogP contribution >= 0.6 is 34.8 Å². The minimum absolute atomic E-state index is 0.120. The highest BCUT2D eigenvalue weighted by atomic mass is 127. The maximum Gasteiger partial charge on any atom is 0.268 e. The molecule has 0 atom stereocenters. The van der Waals surface area contributed by atoms with Crippen molar-refractivity contribution in [2.45, 2.75) is 0 Å². The molecule has 1 N–H and O–H groups in total. The molecule has 6 heavy (non-hydrogen) atoms. The van der Waals surface area contributed by atoms with Crippen molar-refractivity contribution in [3.63, 3.8) is 0 Å². The summed E-state index contributed by atoms with van der Waals surface area (Å²) in [6.07, 6.45) is 0. The van der Waals surface area contributed by atoms with Crippen LogP contribution in [0.1, 0.15) is 0 Å². The van der Waals surface area contributed by atoms with Crippen molar-refractivity contribution >= 4 is 37.9 Å². The molecule has 0 amide bonds. The fourth-order valence-electron chi connectivity index (χ4n) is 0.0293. The topological polar surface area (TPSA) is 38.7 Å². The first-order valence-electron chi connectivity index (χ1n) is 0.946. The molecule has 0 bridgehead atoms. The van der Waals surface area contributed by atoms with Gasteiger partial charge < -0.3 is 0 Å². The quantitative estimate of drug-likeness (QED) is 0.236. The Morgan fingerprint density at radius 3 is 2.33 bits per heavy atom. The summed E-state index contributed by atoms with van der Waals surface area (Å²) < 4.78 is 0.120. The van der Waals surface area contributed by atoms with E-state index in [1.165, 1.54) is 0 Å². The van der Waals surface area contributed by atoms with Crippen LogP contribution in [-0.4, -0.2) is 8.31 Å². The Labute approximate surface area is 53.2 Å². The monoisotopic (exact) mass is 220 g/mol. The van der Waals surface area contributed by atoms with Crippen LogP contribution in [-0.2, 0) is 9.93 Å². The zero-order chi connectivity index (χ0) is 4.99. The van der Waals surface area contributed by atoms with Crippen LogP contribution in [0.2, 0.25) is 0 Å². The van der Waals surface area contributed by atoms with Crippen molar-refractivity contribution in [1.82, 2.24) is 0 Å². The maximum atomic E-state index is 7.42. The van der Waals surface area contributed by atoms with Crippen molar-refractivity contribution in [2.24, 2.45) is 0 Å². The molecule has 5 heteroatoms. The van der Waals surface area contributed by atoms with Crippen molar-refractivity contribution in [2.75, 3.05) is 0 Å². The molecule has 0 aromatic rings. The SMILES string of the molecule is OOOC(=S)I. The van der Waals surface area contributed by atoms with E-state index in [1.54, 1.807) is 22.6 Å². The van der Waals surface area contributed by atoms with Crippen LogP contribution in [0.15, 0.2) is 0 Å².